The molecule has 2 N–H and O–H groups in total. The second-order valence-corrected chi connectivity index (χ2v) is 8.94. The van der Waals surface area contributed by atoms with Crippen LogP contribution in [0.5, 0.6) is 5.75 Å². The van der Waals surface area contributed by atoms with Crippen LogP contribution in [0.3, 0.4) is 0 Å². The normalized spacial score (nSPS) is 17.7. The zero-order valence-electron chi connectivity index (χ0n) is 20.1. The van der Waals surface area contributed by atoms with E-state index in [0.29, 0.717) is 24.3 Å². The van der Waals surface area contributed by atoms with Gasteiger partial charge < -0.3 is 24.5 Å². The van der Waals surface area contributed by atoms with E-state index in [-0.39, 0.29) is 11.8 Å². The quantitative estimate of drug-likeness (QED) is 0.482. The van der Waals surface area contributed by atoms with E-state index in [1.165, 1.54) is 7.11 Å². The number of ether oxygens (including phenoxy) is 2. The maximum absolute atomic E-state index is 12.5. The molecule has 1 aliphatic heterocycles. The number of carbonyl (C=O) groups excluding carboxylic acids is 2. The maximum atomic E-state index is 12.5. The van der Waals surface area contributed by atoms with Crippen LogP contribution in [-0.2, 0) is 9.53 Å². The first-order chi connectivity index (χ1) is 16.4. The molecule has 0 bridgehead atoms. The number of hydrogen-bond donors (Lipinski definition) is 2. The van der Waals surface area contributed by atoms with Crippen molar-refractivity contribution in [1.29, 1.82) is 0 Å². The van der Waals surface area contributed by atoms with Crippen molar-refractivity contribution < 1.29 is 24.2 Å². The number of aliphatic hydroxyl groups is 1. The molecule has 7 heteroatoms. The summed E-state index contributed by atoms with van der Waals surface area (Å²) in [6.07, 6.45) is 3.63. The highest BCUT2D eigenvalue weighted by molar-refractivity contribution is 5.90. The van der Waals surface area contributed by atoms with Crippen LogP contribution < -0.4 is 4.74 Å². The molecule has 0 saturated carbocycles. The molecular formula is C27H32N2O5. The van der Waals surface area contributed by atoms with Gasteiger partial charge in [-0.15, -0.1) is 0 Å². The molecule has 1 aliphatic rings. The van der Waals surface area contributed by atoms with Gasteiger partial charge in [-0.1, -0.05) is 25.5 Å². The van der Waals surface area contributed by atoms with Crippen LogP contribution in [0.4, 0.5) is 0 Å². The van der Waals surface area contributed by atoms with Crippen LogP contribution in [0, 0.1) is 5.92 Å². The number of rotatable bonds is 8. The van der Waals surface area contributed by atoms with Crippen LogP contribution in [0.15, 0.2) is 42.6 Å². The minimum absolute atomic E-state index is 0.0128. The average molecular weight is 465 g/mol. The van der Waals surface area contributed by atoms with E-state index in [4.69, 9.17) is 9.47 Å². The zero-order valence-corrected chi connectivity index (χ0v) is 20.1. The molecule has 1 fully saturated rings. The molecular weight excluding hydrogens is 432 g/mol. The van der Waals surface area contributed by atoms with E-state index in [1.807, 2.05) is 30.5 Å². The van der Waals surface area contributed by atoms with Gasteiger partial charge in [0.2, 0.25) is 5.91 Å². The van der Waals surface area contributed by atoms with Crippen LogP contribution in [0.2, 0.25) is 0 Å². The number of carbonyl (C=O) groups is 2. The zero-order chi connectivity index (χ0) is 24.4. The predicted octanol–water partition coefficient (Wildman–Crippen LogP) is 4.41. The van der Waals surface area contributed by atoms with Crippen LogP contribution in [0.1, 0.15) is 65.3 Å². The van der Waals surface area contributed by atoms with Gasteiger partial charge in [0.25, 0.3) is 0 Å². The summed E-state index contributed by atoms with van der Waals surface area (Å²) in [5, 5.41) is 12.0. The highest BCUT2D eigenvalue weighted by atomic mass is 16.5. The number of hydrogen-bond acceptors (Lipinski definition) is 5. The predicted molar refractivity (Wildman–Crippen MR) is 130 cm³/mol. The van der Waals surface area contributed by atoms with Crippen molar-refractivity contribution >= 4 is 22.8 Å². The summed E-state index contributed by atoms with van der Waals surface area (Å²) in [6, 6.07) is 11.3. The van der Waals surface area contributed by atoms with Gasteiger partial charge in [0.05, 0.1) is 31.8 Å². The number of aromatic nitrogens is 1. The largest absolute Gasteiger partial charge is 0.496 e. The first-order valence-electron chi connectivity index (χ1n) is 11.7. The average Bonchev–Trinajstić information content (AvgIpc) is 3.43. The van der Waals surface area contributed by atoms with E-state index in [9.17, 15) is 14.7 Å². The lowest BCUT2D eigenvalue weighted by Crippen LogP contribution is -2.26. The molecule has 1 saturated heterocycles. The molecule has 1 amide bonds. The summed E-state index contributed by atoms with van der Waals surface area (Å²) in [5.74, 6) is -0.184. The fourth-order valence-electron chi connectivity index (χ4n) is 5.02. The number of fused-ring (bicyclic) bond motifs is 1. The van der Waals surface area contributed by atoms with Gasteiger partial charge in [-0.25, -0.2) is 4.79 Å². The van der Waals surface area contributed by atoms with Gasteiger partial charge >= 0.3 is 5.97 Å². The lowest BCUT2D eigenvalue weighted by atomic mass is 9.85. The standard InChI is InChI=1S/C27H32N2O5/c1-5-6-18(19-9-7-17(27(32)34-4)14-24(19)33-3)22-15-28-23-10-8-16(13-21(22)23)25(30)20-11-12-29(2)26(20)31/h7-10,13-15,18,20,25,28,30H,5-6,11-12H2,1-4H3. The van der Waals surface area contributed by atoms with Gasteiger partial charge in [-0.05, 0) is 48.2 Å². The van der Waals surface area contributed by atoms with Crippen molar-refractivity contribution in [3.8, 4) is 5.75 Å². The second kappa shape index (κ2) is 9.89. The smallest absolute Gasteiger partial charge is 0.337 e. The van der Waals surface area contributed by atoms with E-state index in [1.54, 1.807) is 31.2 Å². The molecule has 1 aromatic heterocycles. The van der Waals surface area contributed by atoms with Gasteiger partial charge in [0, 0.05) is 42.2 Å². The molecule has 0 spiro atoms. The summed E-state index contributed by atoms with van der Waals surface area (Å²) in [6.45, 7) is 2.80. The Morgan fingerprint density at radius 3 is 2.65 bits per heavy atom. The number of H-pyrrole nitrogens is 1. The monoisotopic (exact) mass is 464 g/mol. The molecule has 180 valence electrons. The van der Waals surface area contributed by atoms with E-state index >= 15 is 0 Å². The molecule has 2 aromatic carbocycles. The van der Waals surface area contributed by atoms with Gasteiger partial charge in [-0.3, -0.25) is 4.79 Å². The third-order valence-corrected chi connectivity index (χ3v) is 6.91. The Balaban J connectivity index is 1.75. The molecule has 4 rings (SSSR count). The summed E-state index contributed by atoms with van der Waals surface area (Å²) in [5.41, 5.74) is 4.22. The summed E-state index contributed by atoms with van der Waals surface area (Å²) in [7, 11) is 4.73. The topological polar surface area (TPSA) is 91.9 Å². The highest BCUT2D eigenvalue weighted by Crippen LogP contribution is 2.40. The molecule has 0 radical (unpaired) electrons. The van der Waals surface area contributed by atoms with E-state index in [2.05, 4.69) is 11.9 Å². The summed E-state index contributed by atoms with van der Waals surface area (Å²) < 4.78 is 10.5. The van der Waals surface area contributed by atoms with Gasteiger partial charge in [0.1, 0.15) is 5.75 Å². The minimum Gasteiger partial charge on any atom is -0.496 e. The lowest BCUT2D eigenvalue weighted by Gasteiger charge is -2.21. The second-order valence-electron chi connectivity index (χ2n) is 8.94. The Bertz CT molecular complexity index is 1200. The number of benzene rings is 2. The molecule has 3 aromatic rings. The third kappa shape index (κ3) is 4.28. The number of methoxy groups -OCH3 is 2. The highest BCUT2D eigenvalue weighted by Gasteiger charge is 2.35. The number of aliphatic hydroxyl groups excluding tert-OH is 1. The van der Waals surface area contributed by atoms with Crippen molar-refractivity contribution in [3.63, 3.8) is 0 Å². The first kappa shape index (κ1) is 23.8. The number of nitrogens with zero attached hydrogens (tertiary/aromatic N) is 1. The molecule has 7 nitrogen and oxygen atoms in total. The Hall–Kier alpha value is -3.32. The summed E-state index contributed by atoms with van der Waals surface area (Å²) in [4.78, 5) is 29.5. The molecule has 3 atom stereocenters. The van der Waals surface area contributed by atoms with Gasteiger partial charge in [0.15, 0.2) is 0 Å². The molecule has 2 heterocycles. The molecule has 34 heavy (non-hydrogen) atoms. The Labute approximate surface area is 199 Å². The lowest BCUT2D eigenvalue weighted by molar-refractivity contribution is -0.132. The Kier molecular flexibility index (Phi) is 6.93. The fraction of sp³-hybridized carbons (Fsp3) is 0.407. The fourth-order valence-corrected chi connectivity index (χ4v) is 5.02. The van der Waals surface area contributed by atoms with Gasteiger partial charge in [-0.2, -0.15) is 0 Å². The number of esters is 1. The van der Waals surface area contributed by atoms with Crippen LogP contribution in [0.25, 0.3) is 10.9 Å². The SMILES string of the molecule is CCCC(c1ccc(C(=O)OC)cc1OC)c1c[nH]c2ccc(C(O)C3CCN(C)C3=O)cc12. The molecule has 3 unspecified atom stereocenters. The number of nitrogens with one attached hydrogen (secondary N) is 1. The van der Waals surface area contributed by atoms with Crippen LogP contribution >= 0.6 is 0 Å². The number of likely N-dealkylation sites (tertiary alicyclic amines) is 1. The summed E-state index contributed by atoms with van der Waals surface area (Å²) >= 11 is 0. The first-order valence-corrected chi connectivity index (χ1v) is 11.7. The Morgan fingerprint density at radius 2 is 2.00 bits per heavy atom. The van der Waals surface area contributed by atoms with Crippen molar-refractivity contribution in [3.05, 3.63) is 64.8 Å². The van der Waals surface area contributed by atoms with Crippen molar-refractivity contribution in [2.45, 2.75) is 38.2 Å². The molecule has 0 aliphatic carbocycles. The van der Waals surface area contributed by atoms with Crippen molar-refractivity contribution in [2.75, 3.05) is 27.8 Å². The van der Waals surface area contributed by atoms with E-state index in [0.717, 1.165) is 40.4 Å². The minimum atomic E-state index is -0.844. The maximum Gasteiger partial charge on any atom is 0.337 e. The van der Waals surface area contributed by atoms with Crippen LogP contribution in [-0.4, -0.2) is 54.7 Å². The van der Waals surface area contributed by atoms with E-state index < -0.39 is 18.0 Å². The Morgan fingerprint density at radius 1 is 1.21 bits per heavy atom. The van der Waals surface area contributed by atoms with Crippen molar-refractivity contribution in [1.82, 2.24) is 9.88 Å². The third-order valence-electron chi connectivity index (χ3n) is 6.91. The number of amides is 1. The number of aromatic amines is 1. The van der Waals surface area contributed by atoms with Crippen molar-refractivity contribution in [2.24, 2.45) is 5.92 Å².